The van der Waals surface area contributed by atoms with Gasteiger partial charge in [0.15, 0.2) is 0 Å². The summed E-state index contributed by atoms with van der Waals surface area (Å²) in [5, 5.41) is 0.151. The molecule has 3 rings (SSSR count). The van der Waals surface area contributed by atoms with Gasteiger partial charge < -0.3 is 14.6 Å². The molecule has 2 aromatic carbocycles. The minimum Gasteiger partial charge on any atom is -0.494 e. The summed E-state index contributed by atoms with van der Waals surface area (Å²) in [5.41, 5.74) is 0.422. The lowest BCUT2D eigenvalue weighted by Gasteiger charge is -2.21. The number of nitrogens with zero attached hydrogens (tertiary/aromatic N) is 2. The first-order valence-electron chi connectivity index (χ1n) is 11.4. The Balaban J connectivity index is 1.99. The normalized spacial score (nSPS) is 11.4. The fourth-order valence-corrected chi connectivity index (χ4v) is 4.88. The highest BCUT2D eigenvalue weighted by Crippen LogP contribution is 2.25. The largest absolute Gasteiger partial charge is 0.494 e. The van der Waals surface area contributed by atoms with E-state index in [9.17, 15) is 18.0 Å². The molecule has 0 saturated carbocycles. The number of amides is 1. The predicted molar refractivity (Wildman–Crippen MR) is 134 cm³/mol. The zero-order valence-corrected chi connectivity index (χ0v) is 20.8. The van der Waals surface area contributed by atoms with E-state index in [0.29, 0.717) is 36.6 Å². The summed E-state index contributed by atoms with van der Waals surface area (Å²) >= 11 is 0. The first kappa shape index (κ1) is 25.3. The van der Waals surface area contributed by atoms with E-state index in [-0.39, 0.29) is 21.8 Å². The molecule has 0 unspecified atom stereocenters. The van der Waals surface area contributed by atoms with E-state index in [1.54, 1.807) is 35.2 Å². The summed E-state index contributed by atoms with van der Waals surface area (Å²) in [6, 6.07) is 11.0. The predicted octanol–water partition coefficient (Wildman–Crippen LogP) is 4.01. The van der Waals surface area contributed by atoms with Crippen molar-refractivity contribution in [2.45, 2.75) is 38.5 Å². The molecule has 0 aliphatic carbocycles. The van der Waals surface area contributed by atoms with Gasteiger partial charge in [0.05, 0.1) is 17.2 Å². The number of hydrogen-bond donors (Lipinski definition) is 1. The minimum atomic E-state index is -3.95. The van der Waals surface area contributed by atoms with Crippen molar-refractivity contribution in [1.82, 2.24) is 9.88 Å². The third-order valence-electron chi connectivity index (χ3n) is 5.70. The van der Waals surface area contributed by atoms with Gasteiger partial charge >= 0.3 is 0 Å². The smallest absolute Gasteiger partial charge is 0.264 e. The van der Waals surface area contributed by atoms with Crippen molar-refractivity contribution < 1.29 is 17.9 Å². The van der Waals surface area contributed by atoms with Crippen LogP contribution in [0.2, 0.25) is 0 Å². The fraction of sp³-hybridized carbons (Fsp3) is 0.360. The van der Waals surface area contributed by atoms with Gasteiger partial charge in [0.2, 0.25) is 5.43 Å². The maximum Gasteiger partial charge on any atom is 0.264 e. The summed E-state index contributed by atoms with van der Waals surface area (Å²) in [5.74, 6) is 0.283. The summed E-state index contributed by atoms with van der Waals surface area (Å²) in [6.45, 7) is 7.33. The Hall–Kier alpha value is -3.33. The number of ether oxygens (including phenoxy) is 1. The van der Waals surface area contributed by atoms with E-state index in [1.807, 2.05) is 20.8 Å². The van der Waals surface area contributed by atoms with Crippen LogP contribution in [0.1, 0.15) is 44.0 Å². The Bertz CT molecular complexity index is 1320. The number of sulfonamides is 1. The van der Waals surface area contributed by atoms with Gasteiger partial charge in [-0.05, 0) is 62.7 Å². The molecule has 0 radical (unpaired) electrons. The molecule has 1 amide bonds. The second-order valence-corrected chi connectivity index (χ2v) is 9.85. The number of carbonyl (C=O) groups is 1. The number of benzene rings is 2. The number of H-pyrrole nitrogens is 1. The first-order valence-corrected chi connectivity index (χ1v) is 12.8. The van der Waals surface area contributed by atoms with Crippen molar-refractivity contribution in [1.29, 1.82) is 0 Å². The molecular weight excluding hydrogens is 454 g/mol. The molecule has 1 aromatic heterocycles. The molecule has 0 saturated heterocycles. The van der Waals surface area contributed by atoms with Crippen LogP contribution in [0.5, 0.6) is 5.75 Å². The molecule has 3 aromatic rings. The molecule has 0 fully saturated rings. The van der Waals surface area contributed by atoms with E-state index in [1.165, 1.54) is 25.4 Å². The van der Waals surface area contributed by atoms with Crippen LogP contribution in [0, 0.1) is 0 Å². The number of carbonyl (C=O) groups excluding carboxylic acids is 1. The number of pyridine rings is 1. The monoisotopic (exact) mass is 485 g/mol. The van der Waals surface area contributed by atoms with Crippen molar-refractivity contribution in [2.75, 3.05) is 31.0 Å². The number of unbranched alkanes of at least 4 members (excludes halogenated alkanes) is 1. The average Bonchev–Trinajstić information content (AvgIpc) is 2.84. The molecule has 0 aliphatic rings. The number of anilines is 1. The fourth-order valence-electron chi connectivity index (χ4n) is 3.66. The van der Waals surface area contributed by atoms with Gasteiger partial charge in [-0.1, -0.05) is 13.3 Å². The van der Waals surface area contributed by atoms with Crippen molar-refractivity contribution in [2.24, 2.45) is 0 Å². The Kier molecular flexibility index (Phi) is 7.98. The van der Waals surface area contributed by atoms with Gasteiger partial charge in [-0.2, -0.15) is 0 Å². The number of fused-ring (bicyclic) bond motifs is 1. The van der Waals surface area contributed by atoms with Gasteiger partial charge in [-0.3, -0.25) is 13.9 Å². The van der Waals surface area contributed by atoms with Crippen LogP contribution in [-0.2, 0) is 10.0 Å². The van der Waals surface area contributed by atoms with Crippen molar-refractivity contribution >= 4 is 32.5 Å². The molecule has 0 aliphatic heterocycles. The highest BCUT2D eigenvalue weighted by Gasteiger charge is 2.24. The summed E-state index contributed by atoms with van der Waals surface area (Å²) in [4.78, 5) is 30.7. The van der Waals surface area contributed by atoms with E-state index in [2.05, 4.69) is 4.98 Å². The van der Waals surface area contributed by atoms with Gasteiger partial charge in [0.25, 0.3) is 15.9 Å². The lowest BCUT2D eigenvalue weighted by Crippen LogP contribution is -2.35. The Morgan fingerprint density at radius 1 is 1.06 bits per heavy atom. The number of aromatic nitrogens is 1. The van der Waals surface area contributed by atoms with E-state index in [0.717, 1.165) is 17.1 Å². The summed E-state index contributed by atoms with van der Waals surface area (Å²) in [7, 11) is -2.50. The van der Waals surface area contributed by atoms with Crippen LogP contribution < -0.4 is 14.5 Å². The Labute approximate surface area is 200 Å². The summed E-state index contributed by atoms with van der Waals surface area (Å²) < 4.78 is 33.2. The van der Waals surface area contributed by atoms with Crippen molar-refractivity contribution in [3.63, 3.8) is 0 Å². The Morgan fingerprint density at radius 3 is 2.38 bits per heavy atom. The number of hydrogen-bond acceptors (Lipinski definition) is 5. The lowest BCUT2D eigenvalue weighted by molar-refractivity contribution is 0.0761. The number of nitrogens with one attached hydrogen (secondary N) is 1. The molecular formula is C25H31N3O5S. The zero-order valence-electron chi connectivity index (χ0n) is 20.0. The molecule has 1 N–H and O–H groups in total. The quantitative estimate of drug-likeness (QED) is 0.468. The van der Waals surface area contributed by atoms with E-state index >= 15 is 0 Å². The first-order chi connectivity index (χ1) is 16.2. The third kappa shape index (κ3) is 5.09. The second-order valence-electron chi connectivity index (χ2n) is 7.88. The zero-order chi connectivity index (χ0) is 24.9. The van der Waals surface area contributed by atoms with Crippen LogP contribution in [0.4, 0.5) is 5.69 Å². The average molecular weight is 486 g/mol. The minimum absolute atomic E-state index is 0.000122. The standard InChI is InChI=1S/C25H31N3O5S/c1-5-8-15-28(6-2)25(30)22-17-26-23-14-13-20(16-21(23)24(22)29)34(31,32)27(4)18-9-11-19(12-10-18)33-7-3/h9-14,16-17H,5-8,15H2,1-4H3,(H,26,29). The molecule has 8 nitrogen and oxygen atoms in total. The van der Waals surface area contributed by atoms with Gasteiger partial charge in [-0.25, -0.2) is 8.42 Å². The van der Waals surface area contributed by atoms with E-state index in [4.69, 9.17) is 4.74 Å². The van der Waals surface area contributed by atoms with Crippen molar-refractivity contribution in [3.05, 3.63) is 64.4 Å². The van der Waals surface area contributed by atoms with E-state index < -0.39 is 15.5 Å². The Morgan fingerprint density at radius 2 is 1.76 bits per heavy atom. The van der Waals surface area contributed by atoms with Crippen LogP contribution in [0.3, 0.4) is 0 Å². The molecule has 0 spiro atoms. The molecule has 34 heavy (non-hydrogen) atoms. The van der Waals surface area contributed by atoms with Crippen LogP contribution in [0.15, 0.2) is 58.4 Å². The molecule has 0 atom stereocenters. The molecule has 182 valence electrons. The van der Waals surface area contributed by atoms with Gasteiger partial charge in [0.1, 0.15) is 11.3 Å². The SMILES string of the molecule is CCCCN(CC)C(=O)c1c[nH]c2ccc(S(=O)(=O)N(C)c3ccc(OCC)cc3)cc2c1=O. The highest BCUT2D eigenvalue weighted by molar-refractivity contribution is 7.92. The van der Waals surface area contributed by atoms with Gasteiger partial charge in [-0.15, -0.1) is 0 Å². The van der Waals surface area contributed by atoms with Crippen LogP contribution in [0.25, 0.3) is 10.9 Å². The third-order valence-corrected chi connectivity index (χ3v) is 7.48. The number of rotatable bonds is 10. The summed E-state index contributed by atoms with van der Waals surface area (Å²) in [6.07, 6.45) is 3.17. The topological polar surface area (TPSA) is 99.8 Å². The molecule has 9 heteroatoms. The second kappa shape index (κ2) is 10.7. The number of aromatic amines is 1. The van der Waals surface area contributed by atoms with Crippen LogP contribution >= 0.6 is 0 Å². The van der Waals surface area contributed by atoms with Gasteiger partial charge in [0, 0.05) is 37.2 Å². The van der Waals surface area contributed by atoms with Crippen molar-refractivity contribution in [3.8, 4) is 5.75 Å². The highest BCUT2D eigenvalue weighted by atomic mass is 32.2. The maximum atomic E-state index is 13.3. The lowest BCUT2D eigenvalue weighted by atomic mass is 10.1. The van der Waals surface area contributed by atoms with Crippen LogP contribution in [-0.4, -0.2) is 51.0 Å². The molecule has 0 bridgehead atoms. The molecule has 1 heterocycles. The maximum absolute atomic E-state index is 13.3.